The highest BCUT2D eigenvalue weighted by atomic mass is 16.6. The Morgan fingerprint density at radius 3 is 2.70 bits per heavy atom. The van der Waals surface area contributed by atoms with Gasteiger partial charge in [-0.3, -0.25) is 4.79 Å². The van der Waals surface area contributed by atoms with Crippen LogP contribution in [0, 0.1) is 5.92 Å². The van der Waals surface area contributed by atoms with Crippen LogP contribution in [0.3, 0.4) is 0 Å². The SMILES string of the molecule is C=C1C(=O)O[C@@H]2/C=C(/C)[C@H](O)C/C=C(\CO)C[C@@H](OC(=O)/C(=C/C)COC(C)=O)[C@@H]12. The molecule has 0 amide bonds. The van der Waals surface area contributed by atoms with Crippen molar-refractivity contribution in [3.63, 3.8) is 0 Å². The zero-order valence-corrected chi connectivity index (χ0v) is 17.4. The van der Waals surface area contributed by atoms with Crippen molar-refractivity contribution in [1.82, 2.24) is 0 Å². The summed E-state index contributed by atoms with van der Waals surface area (Å²) in [6.07, 6.45) is 2.79. The topological polar surface area (TPSA) is 119 Å². The van der Waals surface area contributed by atoms with E-state index in [1.54, 1.807) is 26.0 Å². The van der Waals surface area contributed by atoms with E-state index in [-0.39, 0.29) is 37.2 Å². The lowest BCUT2D eigenvalue weighted by Crippen LogP contribution is -2.35. The molecule has 2 N–H and O–H groups in total. The van der Waals surface area contributed by atoms with Gasteiger partial charge in [-0.15, -0.1) is 0 Å². The van der Waals surface area contributed by atoms with E-state index >= 15 is 0 Å². The van der Waals surface area contributed by atoms with Crippen molar-refractivity contribution in [2.75, 3.05) is 13.2 Å². The Morgan fingerprint density at radius 2 is 2.10 bits per heavy atom. The molecule has 8 nitrogen and oxygen atoms in total. The third kappa shape index (κ3) is 5.67. The van der Waals surface area contributed by atoms with E-state index in [1.807, 2.05) is 0 Å². The van der Waals surface area contributed by atoms with Gasteiger partial charge < -0.3 is 24.4 Å². The molecule has 1 aliphatic heterocycles. The molecule has 1 aliphatic carbocycles. The molecule has 0 saturated carbocycles. The fourth-order valence-corrected chi connectivity index (χ4v) is 3.38. The molecule has 0 spiro atoms. The van der Waals surface area contributed by atoms with Gasteiger partial charge >= 0.3 is 17.9 Å². The second-order valence-electron chi connectivity index (χ2n) is 7.35. The van der Waals surface area contributed by atoms with Gasteiger partial charge in [0.2, 0.25) is 0 Å². The number of carbonyl (C=O) groups excluding carboxylic acids is 3. The molecule has 30 heavy (non-hydrogen) atoms. The summed E-state index contributed by atoms with van der Waals surface area (Å²) >= 11 is 0. The van der Waals surface area contributed by atoms with E-state index < -0.39 is 42.1 Å². The molecule has 1 fully saturated rings. The van der Waals surface area contributed by atoms with Crippen molar-refractivity contribution < 1.29 is 38.8 Å². The van der Waals surface area contributed by atoms with Crippen LogP contribution in [0.25, 0.3) is 0 Å². The van der Waals surface area contributed by atoms with Crippen LogP contribution in [-0.4, -0.2) is 59.6 Å². The summed E-state index contributed by atoms with van der Waals surface area (Å²) in [7, 11) is 0. The predicted molar refractivity (Wildman–Crippen MR) is 107 cm³/mol. The first-order valence-corrected chi connectivity index (χ1v) is 9.72. The lowest BCUT2D eigenvalue weighted by Gasteiger charge is -2.28. The van der Waals surface area contributed by atoms with Crippen molar-refractivity contribution in [1.29, 1.82) is 0 Å². The smallest absolute Gasteiger partial charge is 0.337 e. The third-order valence-electron chi connectivity index (χ3n) is 5.21. The molecule has 0 aromatic rings. The van der Waals surface area contributed by atoms with E-state index in [9.17, 15) is 24.6 Å². The van der Waals surface area contributed by atoms with Crippen molar-refractivity contribution >= 4 is 17.9 Å². The molecule has 164 valence electrons. The molecular formula is C22H28O8. The van der Waals surface area contributed by atoms with Gasteiger partial charge in [0.15, 0.2) is 0 Å². The van der Waals surface area contributed by atoms with E-state index in [4.69, 9.17) is 14.2 Å². The highest BCUT2D eigenvalue weighted by Crippen LogP contribution is 2.36. The monoisotopic (exact) mass is 420 g/mol. The minimum atomic E-state index is -0.855. The number of aliphatic hydroxyl groups excluding tert-OH is 2. The summed E-state index contributed by atoms with van der Waals surface area (Å²) < 4.78 is 16.0. The lowest BCUT2D eigenvalue weighted by atomic mass is 9.85. The van der Waals surface area contributed by atoms with Gasteiger partial charge in [0.25, 0.3) is 0 Å². The number of rotatable bonds is 5. The van der Waals surface area contributed by atoms with Crippen LogP contribution in [0.1, 0.15) is 33.6 Å². The van der Waals surface area contributed by atoms with Crippen LogP contribution in [0.4, 0.5) is 0 Å². The van der Waals surface area contributed by atoms with Gasteiger partial charge in [-0.2, -0.15) is 0 Å². The second kappa shape index (κ2) is 10.4. The summed E-state index contributed by atoms with van der Waals surface area (Å²) in [5, 5.41) is 20.0. The lowest BCUT2D eigenvalue weighted by molar-refractivity contribution is -0.149. The number of fused-ring (bicyclic) bond motifs is 1. The Morgan fingerprint density at radius 1 is 1.40 bits per heavy atom. The van der Waals surface area contributed by atoms with Crippen LogP contribution in [0.5, 0.6) is 0 Å². The molecule has 1 heterocycles. The summed E-state index contributed by atoms with van der Waals surface area (Å²) in [4.78, 5) is 36.0. The molecule has 2 aliphatic rings. The average molecular weight is 420 g/mol. The number of hydrogen-bond donors (Lipinski definition) is 2. The van der Waals surface area contributed by atoms with Gasteiger partial charge in [-0.25, -0.2) is 9.59 Å². The molecule has 0 aromatic carbocycles. The van der Waals surface area contributed by atoms with E-state index in [1.165, 1.54) is 13.0 Å². The highest BCUT2D eigenvalue weighted by molar-refractivity contribution is 5.92. The number of carbonyl (C=O) groups is 3. The normalized spacial score (nSPS) is 30.9. The van der Waals surface area contributed by atoms with Crippen LogP contribution in [0.2, 0.25) is 0 Å². The molecule has 0 aromatic heterocycles. The van der Waals surface area contributed by atoms with Gasteiger partial charge in [0.05, 0.1) is 24.2 Å². The standard InChI is InChI=1S/C22H28O8/c1-5-16(11-28-14(4)24)22(27)30-19-9-15(10-23)6-7-17(25)12(2)8-18-20(19)13(3)21(26)29-18/h5-6,8,17-20,23,25H,3,7,9-11H2,1-2,4H3/b12-8-,15-6-,16-5+/t17-,18-,19-,20+/m1/s1. The Balaban J connectivity index is 2.37. The van der Waals surface area contributed by atoms with Crippen LogP contribution in [-0.2, 0) is 28.6 Å². The maximum atomic E-state index is 12.7. The van der Waals surface area contributed by atoms with Gasteiger partial charge in [-0.05, 0) is 37.5 Å². The molecule has 8 heteroatoms. The van der Waals surface area contributed by atoms with E-state index in [0.717, 1.165) is 0 Å². The van der Waals surface area contributed by atoms with Gasteiger partial charge in [0, 0.05) is 18.9 Å². The molecule has 0 radical (unpaired) electrons. The molecule has 4 atom stereocenters. The van der Waals surface area contributed by atoms with Crippen molar-refractivity contribution in [3.05, 3.63) is 47.1 Å². The van der Waals surface area contributed by atoms with Crippen molar-refractivity contribution in [3.8, 4) is 0 Å². The maximum absolute atomic E-state index is 12.7. The first kappa shape index (κ1) is 23.6. The second-order valence-corrected chi connectivity index (χ2v) is 7.35. The maximum Gasteiger partial charge on any atom is 0.337 e. The van der Waals surface area contributed by atoms with E-state index in [0.29, 0.717) is 11.1 Å². The fourth-order valence-electron chi connectivity index (χ4n) is 3.38. The van der Waals surface area contributed by atoms with Crippen molar-refractivity contribution in [2.45, 2.75) is 51.9 Å². The molecular weight excluding hydrogens is 392 g/mol. The number of esters is 3. The van der Waals surface area contributed by atoms with Crippen LogP contribution < -0.4 is 0 Å². The summed E-state index contributed by atoms with van der Waals surface area (Å²) in [5.41, 5.74) is 1.44. The van der Waals surface area contributed by atoms with E-state index in [2.05, 4.69) is 6.58 Å². The number of aliphatic hydroxyl groups is 2. The minimum absolute atomic E-state index is 0.128. The molecule has 0 unspecified atom stereocenters. The predicted octanol–water partition coefficient (Wildman–Crippen LogP) is 1.53. The highest BCUT2D eigenvalue weighted by Gasteiger charge is 2.45. The van der Waals surface area contributed by atoms with Gasteiger partial charge in [-0.1, -0.05) is 18.7 Å². The first-order valence-electron chi connectivity index (χ1n) is 9.72. The van der Waals surface area contributed by atoms with Crippen LogP contribution >= 0.6 is 0 Å². The fraction of sp³-hybridized carbons (Fsp3) is 0.500. The number of allylic oxidation sites excluding steroid dienone is 1. The quantitative estimate of drug-likeness (QED) is 0.297. The average Bonchev–Trinajstić information content (AvgIpc) is 2.96. The molecule has 2 rings (SSSR count). The Hall–Kier alpha value is -2.71. The first-order chi connectivity index (χ1) is 14.2. The largest absolute Gasteiger partial charge is 0.461 e. The number of ether oxygens (including phenoxy) is 3. The zero-order chi connectivity index (χ0) is 22.4. The molecule has 0 bridgehead atoms. The Kier molecular flexibility index (Phi) is 8.14. The Bertz CT molecular complexity index is 804. The number of hydrogen-bond acceptors (Lipinski definition) is 8. The van der Waals surface area contributed by atoms with Crippen molar-refractivity contribution in [2.24, 2.45) is 5.92 Å². The van der Waals surface area contributed by atoms with Crippen LogP contribution in [0.15, 0.2) is 47.1 Å². The Labute approximate surface area is 175 Å². The third-order valence-corrected chi connectivity index (χ3v) is 5.21. The summed E-state index contributed by atoms with van der Waals surface area (Å²) in [5.74, 6) is -2.54. The summed E-state index contributed by atoms with van der Waals surface area (Å²) in [6.45, 7) is 7.82. The minimum Gasteiger partial charge on any atom is -0.461 e. The zero-order valence-electron chi connectivity index (χ0n) is 17.4. The van der Waals surface area contributed by atoms with Gasteiger partial charge in [0.1, 0.15) is 18.8 Å². The molecule has 1 saturated heterocycles. The summed E-state index contributed by atoms with van der Waals surface area (Å²) in [6, 6.07) is 0.